The Morgan fingerprint density at radius 3 is 2.62 bits per heavy atom. The van der Waals surface area contributed by atoms with Crippen molar-refractivity contribution < 1.29 is 32.6 Å². The summed E-state index contributed by atoms with van der Waals surface area (Å²) in [4.78, 5) is 26.8. The summed E-state index contributed by atoms with van der Waals surface area (Å²) in [5.41, 5.74) is -0.804. The molecule has 0 aliphatic heterocycles. The molecule has 2 N–H and O–H groups in total. The summed E-state index contributed by atoms with van der Waals surface area (Å²) in [5, 5.41) is 11.3. The molecule has 0 fully saturated rings. The van der Waals surface area contributed by atoms with Crippen LogP contribution in [0.3, 0.4) is 0 Å². The number of benzene rings is 1. The number of carbonyl (C=O) groups is 2. The van der Waals surface area contributed by atoms with Gasteiger partial charge in [-0.25, -0.2) is 18.6 Å². The average Bonchev–Trinajstić information content (AvgIpc) is 3.00. The van der Waals surface area contributed by atoms with Gasteiger partial charge in [0.15, 0.2) is 5.69 Å². The zero-order chi connectivity index (χ0) is 17.7. The summed E-state index contributed by atoms with van der Waals surface area (Å²) >= 11 is 0. The molecule has 0 spiro atoms. The van der Waals surface area contributed by atoms with Gasteiger partial charge in [0.2, 0.25) is 5.89 Å². The molecule has 2 rings (SSSR count). The maximum atomic E-state index is 13.7. The van der Waals surface area contributed by atoms with E-state index in [0.29, 0.717) is 0 Å². The number of nitrogens with zero attached hydrogens (tertiary/aromatic N) is 1. The molecule has 1 unspecified atom stereocenters. The molecular weight excluding hydrogens is 326 g/mol. The lowest BCUT2D eigenvalue weighted by atomic mass is 10.2. The van der Waals surface area contributed by atoms with Crippen molar-refractivity contribution in [1.29, 1.82) is 0 Å². The Bertz CT molecular complexity index is 727. The molecular formula is C15H14F2N2O5. The average molecular weight is 340 g/mol. The molecule has 24 heavy (non-hydrogen) atoms. The largest absolute Gasteiger partial charge is 0.480 e. The Morgan fingerprint density at radius 1 is 1.38 bits per heavy atom. The van der Waals surface area contributed by atoms with Crippen molar-refractivity contribution in [2.24, 2.45) is 0 Å². The minimum absolute atomic E-state index is 0.0459. The molecule has 7 nitrogen and oxygen atoms in total. The summed E-state index contributed by atoms with van der Waals surface area (Å²) in [6.07, 6.45) is 0.940. The van der Waals surface area contributed by atoms with E-state index in [1.165, 1.54) is 13.2 Å². The first-order valence-electron chi connectivity index (χ1n) is 6.86. The summed E-state index contributed by atoms with van der Waals surface area (Å²) in [6.45, 7) is 0.127. The number of rotatable bonds is 7. The summed E-state index contributed by atoms with van der Waals surface area (Å²) < 4.78 is 37.0. The number of halogens is 2. The SMILES string of the molecule is COCCC(NC(=O)c1coc(-c2c(F)cccc2F)n1)C(=O)O. The third-order valence-corrected chi connectivity index (χ3v) is 3.13. The summed E-state index contributed by atoms with van der Waals surface area (Å²) in [6, 6.07) is 2.03. The highest BCUT2D eigenvalue weighted by molar-refractivity contribution is 5.95. The first-order chi connectivity index (χ1) is 11.4. The van der Waals surface area contributed by atoms with E-state index in [2.05, 4.69) is 10.3 Å². The van der Waals surface area contributed by atoms with Gasteiger partial charge in [-0.1, -0.05) is 6.07 Å². The Hall–Kier alpha value is -2.81. The molecule has 128 valence electrons. The molecule has 0 aliphatic carbocycles. The van der Waals surface area contributed by atoms with Gasteiger partial charge in [-0.15, -0.1) is 0 Å². The lowest BCUT2D eigenvalue weighted by Gasteiger charge is -2.12. The number of aromatic nitrogens is 1. The molecule has 0 aliphatic rings. The fourth-order valence-corrected chi connectivity index (χ4v) is 1.92. The monoisotopic (exact) mass is 340 g/mol. The van der Waals surface area contributed by atoms with Crippen LogP contribution >= 0.6 is 0 Å². The number of methoxy groups -OCH3 is 1. The third-order valence-electron chi connectivity index (χ3n) is 3.13. The van der Waals surface area contributed by atoms with E-state index in [1.807, 2.05) is 0 Å². The van der Waals surface area contributed by atoms with Crippen LogP contribution in [0.2, 0.25) is 0 Å². The first-order valence-corrected chi connectivity index (χ1v) is 6.86. The van der Waals surface area contributed by atoms with Crippen molar-refractivity contribution in [3.8, 4) is 11.5 Å². The zero-order valence-corrected chi connectivity index (χ0v) is 12.6. The van der Waals surface area contributed by atoms with Crippen LogP contribution in [-0.2, 0) is 9.53 Å². The Morgan fingerprint density at radius 2 is 2.04 bits per heavy atom. The maximum Gasteiger partial charge on any atom is 0.326 e. The Balaban J connectivity index is 2.18. The number of aliphatic carboxylic acids is 1. The number of carboxylic acids is 1. The Kier molecular flexibility index (Phi) is 5.59. The van der Waals surface area contributed by atoms with Crippen molar-refractivity contribution in [3.63, 3.8) is 0 Å². The van der Waals surface area contributed by atoms with Crippen molar-refractivity contribution in [1.82, 2.24) is 10.3 Å². The number of carboxylic acid groups (broad SMARTS) is 1. The molecule has 0 radical (unpaired) electrons. The predicted molar refractivity (Wildman–Crippen MR) is 77.2 cm³/mol. The van der Waals surface area contributed by atoms with E-state index >= 15 is 0 Å². The highest BCUT2D eigenvalue weighted by Gasteiger charge is 2.24. The van der Waals surface area contributed by atoms with Gasteiger partial charge in [-0.05, 0) is 12.1 Å². The molecule has 1 atom stereocenters. The van der Waals surface area contributed by atoms with E-state index in [4.69, 9.17) is 14.3 Å². The number of oxazole rings is 1. The number of carbonyl (C=O) groups excluding carboxylic acids is 1. The Labute approximate surface area is 135 Å². The topological polar surface area (TPSA) is 102 Å². The van der Waals surface area contributed by atoms with Gasteiger partial charge in [-0.3, -0.25) is 4.79 Å². The van der Waals surface area contributed by atoms with Crippen molar-refractivity contribution in [2.75, 3.05) is 13.7 Å². The van der Waals surface area contributed by atoms with Gasteiger partial charge >= 0.3 is 5.97 Å². The fourth-order valence-electron chi connectivity index (χ4n) is 1.92. The van der Waals surface area contributed by atoms with E-state index < -0.39 is 41.0 Å². The molecule has 0 saturated heterocycles. The second-order valence-corrected chi connectivity index (χ2v) is 4.78. The van der Waals surface area contributed by atoms with Crippen molar-refractivity contribution in [3.05, 3.63) is 41.8 Å². The van der Waals surface area contributed by atoms with Crippen LogP contribution in [0.4, 0.5) is 8.78 Å². The summed E-state index contributed by atoms with van der Waals surface area (Å²) in [5.74, 6) is -4.30. The van der Waals surface area contributed by atoms with Gasteiger partial charge in [0.25, 0.3) is 5.91 Å². The van der Waals surface area contributed by atoms with Gasteiger partial charge < -0.3 is 19.6 Å². The van der Waals surface area contributed by atoms with Crippen LogP contribution in [0.25, 0.3) is 11.5 Å². The first kappa shape index (κ1) is 17.5. The van der Waals surface area contributed by atoms with Crippen molar-refractivity contribution in [2.45, 2.75) is 12.5 Å². The van der Waals surface area contributed by atoms with Crippen LogP contribution in [0.15, 0.2) is 28.9 Å². The minimum atomic E-state index is -1.25. The molecule has 1 aromatic heterocycles. The molecule has 1 aromatic carbocycles. The van der Waals surface area contributed by atoms with Crippen LogP contribution in [0.5, 0.6) is 0 Å². The van der Waals surface area contributed by atoms with Crippen LogP contribution < -0.4 is 5.32 Å². The minimum Gasteiger partial charge on any atom is -0.480 e. The van der Waals surface area contributed by atoms with Crippen LogP contribution in [0, 0.1) is 11.6 Å². The number of hydrogen-bond acceptors (Lipinski definition) is 5. The van der Waals surface area contributed by atoms with Gasteiger partial charge in [0.05, 0.1) is 0 Å². The smallest absolute Gasteiger partial charge is 0.326 e. The highest BCUT2D eigenvalue weighted by atomic mass is 19.1. The lowest BCUT2D eigenvalue weighted by molar-refractivity contribution is -0.139. The molecule has 0 saturated carbocycles. The molecule has 1 heterocycles. The number of amides is 1. The second-order valence-electron chi connectivity index (χ2n) is 4.78. The molecule has 1 amide bonds. The second kappa shape index (κ2) is 7.64. The van der Waals surface area contributed by atoms with Crippen LogP contribution in [0.1, 0.15) is 16.9 Å². The molecule has 9 heteroatoms. The number of nitrogens with one attached hydrogen (secondary N) is 1. The quantitative estimate of drug-likeness (QED) is 0.797. The highest BCUT2D eigenvalue weighted by Crippen LogP contribution is 2.25. The van der Waals surface area contributed by atoms with E-state index in [0.717, 1.165) is 18.4 Å². The van der Waals surface area contributed by atoms with E-state index in [9.17, 15) is 18.4 Å². The predicted octanol–water partition coefficient (Wildman–Crippen LogP) is 1.84. The zero-order valence-electron chi connectivity index (χ0n) is 12.6. The van der Waals surface area contributed by atoms with Crippen molar-refractivity contribution >= 4 is 11.9 Å². The third kappa shape index (κ3) is 3.93. The number of hydrogen-bond donors (Lipinski definition) is 2. The van der Waals surface area contributed by atoms with Crippen LogP contribution in [-0.4, -0.2) is 41.7 Å². The standard InChI is InChI=1S/C15H14F2N2O5/c1-23-6-5-10(15(21)22)18-13(20)11-7-24-14(19-11)12-8(16)3-2-4-9(12)17/h2-4,7,10H,5-6H2,1H3,(H,18,20)(H,21,22). The summed E-state index contributed by atoms with van der Waals surface area (Å²) in [7, 11) is 1.40. The number of ether oxygens (including phenoxy) is 1. The van der Waals surface area contributed by atoms with Gasteiger partial charge in [0.1, 0.15) is 29.5 Å². The molecule has 2 aromatic rings. The van der Waals surface area contributed by atoms with E-state index in [1.54, 1.807) is 0 Å². The normalized spacial score (nSPS) is 12.0. The van der Waals surface area contributed by atoms with Gasteiger partial charge in [-0.2, -0.15) is 0 Å². The fraction of sp³-hybridized carbons (Fsp3) is 0.267. The molecule has 0 bridgehead atoms. The lowest BCUT2D eigenvalue weighted by Crippen LogP contribution is -2.41. The van der Waals surface area contributed by atoms with E-state index in [-0.39, 0.29) is 18.7 Å². The van der Waals surface area contributed by atoms with Gasteiger partial charge in [0, 0.05) is 20.1 Å². The maximum absolute atomic E-state index is 13.7.